The van der Waals surface area contributed by atoms with E-state index in [4.69, 9.17) is 4.74 Å². The van der Waals surface area contributed by atoms with Gasteiger partial charge in [0.1, 0.15) is 5.75 Å². The second-order valence-corrected chi connectivity index (χ2v) is 6.47. The molecular formula is C18H20N2O2S. The van der Waals surface area contributed by atoms with Crippen molar-refractivity contribution >= 4 is 18.5 Å². The van der Waals surface area contributed by atoms with E-state index in [9.17, 15) is 4.79 Å². The molecule has 1 aromatic heterocycles. The van der Waals surface area contributed by atoms with Gasteiger partial charge in [0.2, 0.25) is 11.8 Å². The Morgan fingerprint density at radius 1 is 1.22 bits per heavy atom. The first-order valence-corrected chi connectivity index (χ1v) is 8.33. The average molecular weight is 328 g/mol. The Hall–Kier alpha value is -2.01. The molecule has 0 spiro atoms. The van der Waals surface area contributed by atoms with Crippen molar-refractivity contribution in [3.63, 3.8) is 0 Å². The lowest BCUT2D eigenvalue weighted by Crippen LogP contribution is -2.24. The van der Waals surface area contributed by atoms with Crippen LogP contribution in [0.5, 0.6) is 11.6 Å². The number of benzene rings is 1. The Kier molecular flexibility index (Phi) is 4.86. The molecule has 0 saturated carbocycles. The lowest BCUT2D eigenvalue weighted by molar-refractivity contribution is -0.128. The molecule has 1 saturated heterocycles. The highest BCUT2D eigenvalue weighted by Gasteiger charge is 2.26. The van der Waals surface area contributed by atoms with E-state index in [1.165, 1.54) is 5.56 Å². The zero-order chi connectivity index (χ0) is 16.2. The number of nitrogens with zero attached hydrogens (tertiary/aromatic N) is 2. The standard InChI is InChI=1S/C18H20N2O2S/c1-2-13-3-6-15(7-4-13)22-17-8-5-14(10-19-17)11-20-12-16(23)9-18(20)21/h3-8,10,16,23H,2,9,11-12H2,1H3/t16-/m1/s1. The summed E-state index contributed by atoms with van der Waals surface area (Å²) in [7, 11) is 0. The number of likely N-dealkylation sites (tertiary alicyclic amines) is 1. The number of ether oxygens (including phenoxy) is 1. The lowest BCUT2D eigenvalue weighted by atomic mass is 10.2. The Bertz CT molecular complexity index is 670. The van der Waals surface area contributed by atoms with Crippen molar-refractivity contribution in [2.24, 2.45) is 0 Å². The van der Waals surface area contributed by atoms with Gasteiger partial charge in [-0.3, -0.25) is 4.79 Å². The molecule has 1 atom stereocenters. The number of carbonyl (C=O) groups is 1. The van der Waals surface area contributed by atoms with E-state index in [1.54, 1.807) is 6.20 Å². The topological polar surface area (TPSA) is 42.4 Å². The fourth-order valence-corrected chi connectivity index (χ4v) is 2.96. The van der Waals surface area contributed by atoms with Crippen molar-refractivity contribution < 1.29 is 9.53 Å². The van der Waals surface area contributed by atoms with Crippen molar-refractivity contribution in [3.8, 4) is 11.6 Å². The number of thiol groups is 1. The highest BCUT2D eigenvalue weighted by molar-refractivity contribution is 7.81. The predicted molar refractivity (Wildman–Crippen MR) is 92.9 cm³/mol. The monoisotopic (exact) mass is 328 g/mol. The van der Waals surface area contributed by atoms with E-state index in [0.717, 1.165) is 17.7 Å². The van der Waals surface area contributed by atoms with Crippen molar-refractivity contribution in [2.75, 3.05) is 6.54 Å². The molecule has 1 aliphatic rings. The van der Waals surface area contributed by atoms with Crippen molar-refractivity contribution in [1.82, 2.24) is 9.88 Å². The quantitative estimate of drug-likeness (QED) is 0.855. The maximum absolute atomic E-state index is 11.8. The summed E-state index contributed by atoms with van der Waals surface area (Å²) in [5.74, 6) is 1.48. The lowest BCUT2D eigenvalue weighted by Gasteiger charge is -2.15. The number of aromatic nitrogens is 1. The fraction of sp³-hybridized carbons (Fsp3) is 0.333. The molecular weight excluding hydrogens is 308 g/mol. The third-order valence-corrected chi connectivity index (χ3v) is 4.27. The first-order chi connectivity index (χ1) is 11.1. The van der Waals surface area contributed by atoms with E-state index in [1.807, 2.05) is 29.2 Å². The molecule has 1 aliphatic heterocycles. The molecule has 5 heteroatoms. The van der Waals surface area contributed by atoms with Gasteiger partial charge in [0.15, 0.2) is 0 Å². The molecule has 3 rings (SSSR count). The van der Waals surface area contributed by atoms with E-state index in [0.29, 0.717) is 25.4 Å². The van der Waals surface area contributed by atoms with Crippen LogP contribution in [0, 0.1) is 0 Å². The summed E-state index contributed by atoms with van der Waals surface area (Å²) >= 11 is 4.37. The normalized spacial score (nSPS) is 17.6. The Morgan fingerprint density at radius 3 is 2.52 bits per heavy atom. The highest BCUT2D eigenvalue weighted by Crippen LogP contribution is 2.22. The molecule has 0 N–H and O–H groups in total. The molecule has 120 valence electrons. The zero-order valence-corrected chi connectivity index (χ0v) is 14.0. The van der Waals surface area contributed by atoms with Crippen LogP contribution in [0.2, 0.25) is 0 Å². The van der Waals surface area contributed by atoms with E-state index >= 15 is 0 Å². The number of hydrogen-bond donors (Lipinski definition) is 1. The minimum absolute atomic E-state index is 0.143. The predicted octanol–water partition coefficient (Wildman–Crippen LogP) is 3.47. The summed E-state index contributed by atoms with van der Waals surface area (Å²) in [5.41, 5.74) is 2.27. The molecule has 0 radical (unpaired) electrons. The van der Waals surface area contributed by atoms with Crippen molar-refractivity contribution in [1.29, 1.82) is 0 Å². The molecule has 1 aromatic carbocycles. The molecule has 2 aromatic rings. The van der Waals surface area contributed by atoms with Crippen molar-refractivity contribution in [3.05, 3.63) is 53.7 Å². The number of hydrogen-bond acceptors (Lipinski definition) is 4. The molecule has 0 bridgehead atoms. The van der Waals surface area contributed by atoms with Gasteiger partial charge in [-0.2, -0.15) is 12.6 Å². The van der Waals surface area contributed by atoms with Gasteiger partial charge in [0.25, 0.3) is 0 Å². The van der Waals surface area contributed by atoms with E-state index in [2.05, 4.69) is 36.7 Å². The van der Waals surface area contributed by atoms with Crippen LogP contribution in [0.3, 0.4) is 0 Å². The van der Waals surface area contributed by atoms with Gasteiger partial charge in [-0.15, -0.1) is 0 Å². The Labute approximate surface area is 141 Å². The molecule has 1 fully saturated rings. The maximum Gasteiger partial charge on any atom is 0.224 e. The third kappa shape index (κ3) is 4.05. The van der Waals surface area contributed by atoms with Gasteiger partial charge in [-0.25, -0.2) is 4.98 Å². The summed E-state index contributed by atoms with van der Waals surface area (Å²) in [6.07, 6.45) is 3.29. The largest absolute Gasteiger partial charge is 0.439 e. The minimum atomic E-state index is 0.143. The first kappa shape index (κ1) is 15.9. The summed E-state index contributed by atoms with van der Waals surface area (Å²) in [5, 5.41) is 0.143. The highest BCUT2D eigenvalue weighted by atomic mass is 32.1. The van der Waals surface area contributed by atoms with Gasteiger partial charge in [-0.05, 0) is 29.7 Å². The minimum Gasteiger partial charge on any atom is -0.439 e. The summed E-state index contributed by atoms with van der Waals surface area (Å²) in [6.45, 7) is 3.40. The van der Waals surface area contributed by atoms with Crippen molar-refractivity contribution in [2.45, 2.75) is 31.6 Å². The second-order valence-electron chi connectivity index (χ2n) is 5.74. The molecule has 0 unspecified atom stereocenters. The van der Waals surface area contributed by atoms with Crippen LogP contribution in [-0.2, 0) is 17.8 Å². The molecule has 23 heavy (non-hydrogen) atoms. The molecule has 4 nitrogen and oxygen atoms in total. The molecule has 0 aliphatic carbocycles. The maximum atomic E-state index is 11.8. The smallest absolute Gasteiger partial charge is 0.224 e. The SMILES string of the molecule is CCc1ccc(Oc2ccc(CN3C[C@H](S)CC3=O)cn2)cc1. The van der Waals surface area contributed by atoms with Crippen LogP contribution in [0.1, 0.15) is 24.5 Å². The molecule has 2 heterocycles. The summed E-state index contributed by atoms with van der Waals surface area (Å²) in [6, 6.07) is 11.8. The Morgan fingerprint density at radius 2 is 1.96 bits per heavy atom. The van der Waals surface area contributed by atoms with Crippen LogP contribution in [0.15, 0.2) is 42.6 Å². The first-order valence-electron chi connectivity index (χ1n) is 7.81. The number of rotatable bonds is 5. The van der Waals surface area contributed by atoms with Gasteiger partial charge in [0.05, 0.1) is 0 Å². The number of pyridine rings is 1. The number of amides is 1. The van der Waals surface area contributed by atoms with Gasteiger partial charge >= 0.3 is 0 Å². The van der Waals surface area contributed by atoms with Gasteiger partial charge in [-0.1, -0.05) is 25.1 Å². The number of aryl methyl sites for hydroxylation is 1. The fourth-order valence-electron chi connectivity index (χ4n) is 2.60. The molecule has 1 amide bonds. The average Bonchev–Trinajstić information content (AvgIpc) is 2.87. The summed E-state index contributed by atoms with van der Waals surface area (Å²) < 4.78 is 5.74. The van der Waals surface area contributed by atoms with Crippen LogP contribution in [0.25, 0.3) is 0 Å². The van der Waals surface area contributed by atoms with Crippen LogP contribution in [0.4, 0.5) is 0 Å². The number of carbonyl (C=O) groups excluding carboxylic acids is 1. The zero-order valence-electron chi connectivity index (χ0n) is 13.1. The van der Waals surface area contributed by atoms with Gasteiger partial charge < -0.3 is 9.64 Å². The summed E-state index contributed by atoms with van der Waals surface area (Å²) in [4.78, 5) is 17.9. The second kappa shape index (κ2) is 7.04. The van der Waals surface area contributed by atoms with Crippen LogP contribution < -0.4 is 4.74 Å². The van der Waals surface area contributed by atoms with E-state index < -0.39 is 0 Å². The van der Waals surface area contributed by atoms with Crippen LogP contribution in [-0.4, -0.2) is 27.6 Å². The van der Waals surface area contributed by atoms with E-state index in [-0.39, 0.29) is 11.2 Å². The Balaban J connectivity index is 1.61. The third-order valence-electron chi connectivity index (χ3n) is 3.92. The van der Waals surface area contributed by atoms with Crippen LogP contribution >= 0.6 is 12.6 Å². The van der Waals surface area contributed by atoms with Gasteiger partial charge in [0, 0.05) is 37.0 Å².